The summed E-state index contributed by atoms with van der Waals surface area (Å²) >= 11 is 0. The Balaban J connectivity index is 1.49. The Kier molecular flexibility index (Phi) is 5.38. The lowest BCUT2D eigenvalue weighted by atomic mass is 10.1. The van der Waals surface area contributed by atoms with Crippen molar-refractivity contribution in [2.24, 2.45) is 0 Å². The number of hydrogen-bond donors (Lipinski definition) is 1. The molecular weight excluding hydrogens is 387 g/mol. The number of hydrogen-bond acceptors (Lipinski definition) is 5. The molecule has 30 heavy (non-hydrogen) atoms. The van der Waals surface area contributed by atoms with E-state index < -0.39 is 11.4 Å². The van der Waals surface area contributed by atoms with Crippen LogP contribution < -0.4 is 10.9 Å². The zero-order valence-corrected chi connectivity index (χ0v) is 16.3. The van der Waals surface area contributed by atoms with Crippen molar-refractivity contribution in [1.82, 2.24) is 20.0 Å². The first-order chi connectivity index (χ1) is 14.5. The highest BCUT2D eigenvalue weighted by Gasteiger charge is 2.18. The van der Waals surface area contributed by atoms with Crippen molar-refractivity contribution in [3.63, 3.8) is 0 Å². The second kappa shape index (κ2) is 8.28. The summed E-state index contributed by atoms with van der Waals surface area (Å²) in [5.74, 6) is -0.769. The van der Waals surface area contributed by atoms with Crippen LogP contribution in [-0.2, 0) is 17.8 Å². The topological polar surface area (TPSA) is 90.0 Å². The molecular formula is C22H19FN4O3. The number of nitrogens with one attached hydrogen (secondary N) is 1. The van der Waals surface area contributed by atoms with Gasteiger partial charge in [0.2, 0.25) is 5.91 Å². The smallest absolute Gasteiger partial charge is 0.267 e. The molecule has 8 heteroatoms. The minimum Gasteiger partial charge on any atom is -0.354 e. The number of aryl methyl sites for hydroxylation is 1. The van der Waals surface area contributed by atoms with Crippen LogP contribution in [-0.4, -0.2) is 27.2 Å². The summed E-state index contributed by atoms with van der Waals surface area (Å²) in [6.45, 7) is 2.28. The maximum atomic E-state index is 13.6. The van der Waals surface area contributed by atoms with Crippen LogP contribution in [0.15, 0.2) is 64.2 Å². The molecule has 0 fully saturated rings. The quantitative estimate of drug-likeness (QED) is 0.532. The molecule has 4 rings (SSSR count). The Hall–Kier alpha value is -3.81. The van der Waals surface area contributed by atoms with Crippen molar-refractivity contribution in [3.05, 3.63) is 82.2 Å². The molecule has 2 heterocycles. The molecule has 0 radical (unpaired) electrons. The Morgan fingerprint density at radius 1 is 1.20 bits per heavy atom. The molecule has 0 saturated heterocycles. The fourth-order valence-corrected chi connectivity index (χ4v) is 3.14. The van der Waals surface area contributed by atoms with Gasteiger partial charge in [-0.2, -0.15) is 0 Å². The standard InChI is InChI=1S/C22H19FN4O3/c1-14-5-7-15(8-6-14)9-10-24-18(28)12-27-13-25-21-19(22(27)29)20(26-30-21)16-3-2-4-17(23)11-16/h2-8,11,13H,9-10,12H2,1H3,(H,24,28). The number of carbonyl (C=O) groups is 1. The van der Waals surface area contributed by atoms with Crippen molar-refractivity contribution in [2.75, 3.05) is 6.54 Å². The highest BCUT2D eigenvalue weighted by atomic mass is 19.1. The van der Waals surface area contributed by atoms with Gasteiger partial charge in [-0.25, -0.2) is 9.37 Å². The van der Waals surface area contributed by atoms with E-state index in [0.717, 1.165) is 5.56 Å². The number of nitrogens with zero attached hydrogens (tertiary/aromatic N) is 3. The predicted octanol–water partition coefficient (Wildman–Crippen LogP) is 2.86. The van der Waals surface area contributed by atoms with Gasteiger partial charge in [-0.3, -0.25) is 14.2 Å². The van der Waals surface area contributed by atoms with E-state index in [1.54, 1.807) is 6.07 Å². The van der Waals surface area contributed by atoms with Gasteiger partial charge in [0.25, 0.3) is 11.3 Å². The van der Waals surface area contributed by atoms with Gasteiger partial charge in [0, 0.05) is 12.1 Å². The third-order valence-corrected chi connectivity index (χ3v) is 4.73. The fraction of sp³-hybridized carbons (Fsp3) is 0.182. The van der Waals surface area contributed by atoms with Gasteiger partial charge in [0.05, 0.1) is 0 Å². The average Bonchev–Trinajstić information content (AvgIpc) is 3.17. The Morgan fingerprint density at radius 2 is 2.00 bits per heavy atom. The molecule has 0 atom stereocenters. The molecule has 1 amide bonds. The molecule has 0 aliphatic carbocycles. The molecule has 0 aliphatic rings. The molecule has 0 unspecified atom stereocenters. The van der Waals surface area contributed by atoms with E-state index in [9.17, 15) is 14.0 Å². The lowest BCUT2D eigenvalue weighted by Crippen LogP contribution is -2.33. The second-order valence-electron chi connectivity index (χ2n) is 6.98. The van der Waals surface area contributed by atoms with Gasteiger partial charge in [0.15, 0.2) is 0 Å². The van der Waals surface area contributed by atoms with Crippen molar-refractivity contribution in [2.45, 2.75) is 19.9 Å². The number of fused-ring (bicyclic) bond motifs is 1. The summed E-state index contributed by atoms with van der Waals surface area (Å²) in [6.07, 6.45) is 1.93. The molecule has 0 saturated carbocycles. The third kappa shape index (κ3) is 4.12. The second-order valence-corrected chi connectivity index (χ2v) is 6.98. The number of benzene rings is 2. The summed E-state index contributed by atoms with van der Waals surface area (Å²) in [7, 11) is 0. The third-order valence-electron chi connectivity index (χ3n) is 4.73. The molecule has 0 bridgehead atoms. The number of aromatic nitrogens is 3. The largest absolute Gasteiger partial charge is 0.354 e. The van der Waals surface area contributed by atoms with E-state index in [1.165, 1.54) is 34.7 Å². The Morgan fingerprint density at radius 3 is 2.77 bits per heavy atom. The zero-order chi connectivity index (χ0) is 21.1. The van der Waals surface area contributed by atoms with Gasteiger partial charge in [0.1, 0.15) is 29.8 Å². The maximum Gasteiger partial charge on any atom is 0.267 e. The molecule has 1 N–H and O–H groups in total. The molecule has 152 valence electrons. The number of carbonyl (C=O) groups excluding carboxylic acids is 1. The zero-order valence-electron chi connectivity index (χ0n) is 16.3. The minimum atomic E-state index is -0.478. The number of amides is 1. The normalized spacial score (nSPS) is 11.0. The van der Waals surface area contributed by atoms with Gasteiger partial charge in [-0.1, -0.05) is 47.1 Å². The van der Waals surface area contributed by atoms with Gasteiger partial charge in [-0.15, -0.1) is 0 Å². The van der Waals surface area contributed by atoms with Crippen molar-refractivity contribution >= 4 is 17.0 Å². The molecule has 4 aromatic rings. The summed E-state index contributed by atoms with van der Waals surface area (Å²) in [4.78, 5) is 29.2. The highest BCUT2D eigenvalue weighted by molar-refractivity contribution is 5.88. The van der Waals surface area contributed by atoms with Crippen LogP contribution in [0, 0.1) is 12.7 Å². The Bertz CT molecular complexity index is 1260. The van der Waals surface area contributed by atoms with E-state index in [1.807, 2.05) is 31.2 Å². The van der Waals surface area contributed by atoms with Crippen molar-refractivity contribution in [1.29, 1.82) is 0 Å². The maximum absolute atomic E-state index is 13.6. The van der Waals surface area contributed by atoms with E-state index in [0.29, 0.717) is 18.5 Å². The molecule has 0 spiro atoms. The van der Waals surface area contributed by atoms with Crippen LogP contribution in [0.3, 0.4) is 0 Å². The van der Waals surface area contributed by atoms with Crippen LogP contribution in [0.1, 0.15) is 11.1 Å². The van der Waals surface area contributed by atoms with Gasteiger partial charge >= 0.3 is 0 Å². The fourth-order valence-electron chi connectivity index (χ4n) is 3.14. The summed E-state index contributed by atoms with van der Waals surface area (Å²) in [6, 6.07) is 13.8. The van der Waals surface area contributed by atoms with E-state index >= 15 is 0 Å². The summed E-state index contributed by atoms with van der Waals surface area (Å²) < 4.78 is 19.9. The van der Waals surface area contributed by atoms with Crippen LogP contribution >= 0.6 is 0 Å². The van der Waals surface area contributed by atoms with Gasteiger partial charge in [-0.05, 0) is 31.0 Å². The molecule has 7 nitrogen and oxygen atoms in total. The predicted molar refractivity (Wildman–Crippen MR) is 109 cm³/mol. The van der Waals surface area contributed by atoms with E-state index in [4.69, 9.17) is 4.52 Å². The van der Waals surface area contributed by atoms with Crippen LogP contribution in [0.5, 0.6) is 0 Å². The van der Waals surface area contributed by atoms with Crippen molar-refractivity contribution < 1.29 is 13.7 Å². The summed E-state index contributed by atoms with van der Waals surface area (Å²) in [5, 5.41) is 6.77. The SMILES string of the molecule is Cc1ccc(CCNC(=O)Cn2cnc3onc(-c4cccc(F)c4)c3c2=O)cc1. The van der Waals surface area contributed by atoms with Gasteiger partial charge < -0.3 is 9.84 Å². The molecule has 2 aromatic heterocycles. The monoisotopic (exact) mass is 406 g/mol. The lowest BCUT2D eigenvalue weighted by Gasteiger charge is -2.07. The average molecular weight is 406 g/mol. The highest BCUT2D eigenvalue weighted by Crippen LogP contribution is 2.24. The molecule has 0 aliphatic heterocycles. The first kappa shape index (κ1) is 19.5. The summed E-state index contributed by atoms with van der Waals surface area (Å²) in [5.41, 5.74) is 2.44. The minimum absolute atomic E-state index is 0.0373. The van der Waals surface area contributed by atoms with E-state index in [-0.39, 0.29) is 29.2 Å². The number of halogens is 1. The first-order valence-electron chi connectivity index (χ1n) is 9.44. The van der Waals surface area contributed by atoms with Crippen molar-refractivity contribution in [3.8, 4) is 11.3 Å². The van der Waals surface area contributed by atoms with Crippen LogP contribution in [0.25, 0.3) is 22.4 Å². The van der Waals surface area contributed by atoms with E-state index in [2.05, 4.69) is 15.5 Å². The lowest BCUT2D eigenvalue weighted by molar-refractivity contribution is -0.121. The first-order valence-corrected chi connectivity index (χ1v) is 9.44. The Labute approximate surface area is 171 Å². The van der Waals surface area contributed by atoms with Crippen LogP contribution in [0.2, 0.25) is 0 Å². The van der Waals surface area contributed by atoms with Crippen LogP contribution in [0.4, 0.5) is 4.39 Å². The number of rotatable bonds is 6. The molecule has 2 aromatic carbocycles.